The number of nitriles is 1. The van der Waals surface area contributed by atoms with Gasteiger partial charge in [-0.05, 0) is 44.8 Å². The molecule has 7 nitrogen and oxygen atoms in total. The molecule has 0 spiro atoms. The first-order valence-electron chi connectivity index (χ1n) is 8.40. The van der Waals surface area contributed by atoms with Gasteiger partial charge in [0, 0.05) is 6.20 Å². The Labute approximate surface area is 161 Å². The fourth-order valence-corrected chi connectivity index (χ4v) is 2.29. The highest BCUT2D eigenvalue weighted by molar-refractivity contribution is 6.04. The summed E-state index contributed by atoms with van der Waals surface area (Å²) >= 11 is 0. The van der Waals surface area contributed by atoms with E-state index in [1.54, 1.807) is 18.3 Å². The quantitative estimate of drug-likeness (QED) is 0.554. The molecule has 0 atom stereocenters. The van der Waals surface area contributed by atoms with E-state index in [0.29, 0.717) is 24.1 Å². The van der Waals surface area contributed by atoms with Gasteiger partial charge in [0.25, 0.3) is 6.43 Å². The average Bonchev–Trinajstić information content (AvgIpc) is 3.09. The van der Waals surface area contributed by atoms with Crippen LogP contribution >= 0.6 is 0 Å². The van der Waals surface area contributed by atoms with Crippen LogP contribution in [0.2, 0.25) is 0 Å². The lowest BCUT2D eigenvalue weighted by Gasteiger charge is -2.10. The second-order valence-electron chi connectivity index (χ2n) is 5.84. The van der Waals surface area contributed by atoms with Gasteiger partial charge in [0.05, 0.1) is 29.6 Å². The Kier molecular flexibility index (Phi) is 7.54. The first-order valence-corrected chi connectivity index (χ1v) is 8.40. The van der Waals surface area contributed by atoms with Crippen LogP contribution in [0.5, 0.6) is 11.5 Å². The molecule has 28 heavy (non-hydrogen) atoms. The van der Waals surface area contributed by atoms with Crippen molar-refractivity contribution in [3.05, 3.63) is 53.5 Å². The predicted molar refractivity (Wildman–Crippen MR) is 103 cm³/mol. The Morgan fingerprint density at radius 3 is 2.93 bits per heavy atom. The SMILES string of the molecule is C=NC(=N/C=C(\C)CCN)c1ccc(C#N)cc1Oc1cnn(CC(F)F)c1. The molecular formula is C19H20F2N6O. The molecule has 0 fully saturated rings. The molecule has 0 aliphatic rings. The molecule has 2 rings (SSSR count). The summed E-state index contributed by atoms with van der Waals surface area (Å²) in [5.74, 6) is 0.817. The van der Waals surface area contributed by atoms with Gasteiger partial charge in [-0.15, -0.1) is 0 Å². The monoisotopic (exact) mass is 386 g/mol. The lowest BCUT2D eigenvalue weighted by Crippen LogP contribution is -2.06. The lowest BCUT2D eigenvalue weighted by molar-refractivity contribution is 0.122. The van der Waals surface area contributed by atoms with E-state index in [0.717, 1.165) is 10.3 Å². The number of alkyl halides is 2. The molecule has 1 aromatic heterocycles. The molecule has 0 aliphatic heterocycles. The van der Waals surface area contributed by atoms with Crippen molar-refractivity contribution in [2.24, 2.45) is 15.7 Å². The van der Waals surface area contributed by atoms with Crippen molar-refractivity contribution in [1.29, 1.82) is 5.26 Å². The van der Waals surface area contributed by atoms with Crippen LogP contribution < -0.4 is 10.5 Å². The Bertz CT molecular complexity index is 927. The van der Waals surface area contributed by atoms with Crippen LogP contribution in [-0.4, -0.2) is 35.3 Å². The van der Waals surface area contributed by atoms with Gasteiger partial charge in [0.1, 0.15) is 12.3 Å². The number of amidine groups is 1. The molecule has 2 N–H and O–H groups in total. The molecule has 2 aromatic rings. The van der Waals surface area contributed by atoms with E-state index < -0.39 is 13.0 Å². The number of halogens is 2. The molecule has 0 saturated carbocycles. The summed E-state index contributed by atoms with van der Waals surface area (Å²) < 4.78 is 31.8. The number of benzene rings is 1. The van der Waals surface area contributed by atoms with Crippen LogP contribution in [0.15, 0.2) is 52.4 Å². The number of rotatable bonds is 8. The summed E-state index contributed by atoms with van der Waals surface area (Å²) in [6.07, 6.45) is 2.46. The summed E-state index contributed by atoms with van der Waals surface area (Å²) in [6, 6.07) is 6.77. The average molecular weight is 386 g/mol. The molecule has 0 unspecified atom stereocenters. The lowest BCUT2D eigenvalue weighted by atomic mass is 10.1. The van der Waals surface area contributed by atoms with Crippen LogP contribution in [-0.2, 0) is 6.54 Å². The van der Waals surface area contributed by atoms with E-state index in [2.05, 4.69) is 21.8 Å². The first-order chi connectivity index (χ1) is 13.5. The van der Waals surface area contributed by atoms with Gasteiger partial charge in [0.2, 0.25) is 0 Å². The van der Waals surface area contributed by atoms with Crippen LogP contribution in [0.25, 0.3) is 0 Å². The van der Waals surface area contributed by atoms with Crippen molar-refractivity contribution in [2.45, 2.75) is 26.3 Å². The van der Waals surface area contributed by atoms with Gasteiger partial charge in [-0.1, -0.05) is 5.57 Å². The topological polar surface area (TPSA) is 102 Å². The maximum Gasteiger partial charge on any atom is 0.257 e. The molecule has 0 aliphatic carbocycles. The second-order valence-corrected chi connectivity index (χ2v) is 5.84. The highest BCUT2D eigenvalue weighted by Crippen LogP contribution is 2.27. The van der Waals surface area contributed by atoms with Crippen molar-refractivity contribution in [2.75, 3.05) is 6.54 Å². The molecular weight excluding hydrogens is 366 g/mol. The zero-order valence-corrected chi connectivity index (χ0v) is 15.3. The van der Waals surface area contributed by atoms with Crippen LogP contribution in [0, 0.1) is 11.3 Å². The zero-order valence-electron chi connectivity index (χ0n) is 15.3. The maximum atomic E-state index is 12.5. The van der Waals surface area contributed by atoms with Gasteiger partial charge >= 0.3 is 0 Å². The van der Waals surface area contributed by atoms with Crippen molar-refractivity contribution >= 4 is 12.6 Å². The van der Waals surface area contributed by atoms with Crippen molar-refractivity contribution in [3.8, 4) is 17.6 Å². The molecule has 9 heteroatoms. The Morgan fingerprint density at radius 1 is 1.50 bits per heavy atom. The number of aromatic nitrogens is 2. The number of ether oxygens (including phenoxy) is 1. The molecule has 0 radical (unpaired) electrons. The summed E-state index contributed by atoms with van der Waals surface area (Å²) in [7, 11) is 0. The smallest absolute Gasteiger partial charge is 0.257 e. The predicted octanol–water partition coefficient (Wildman–Crippen LogP) is 3.51. The van der Waals surface area contributed by atoms with Gasteiger partial charge in [-0.25, -0.2) is 18.8 Å². The van der Waals surface area contributed by atoms with E-state index in [-0.39, 0.29) is 17.3 Å². The fourth-order valence-electron chi connectivity index (χ4n) is 2.29. The van der Waals surface area contributed by atoms with Crippen LogP contribution in [0.3, 0.4) is 0 Å². The van der Waals surface area contributed by atoms with Crippen molar-refractivity contribution in [3.63, 3.8) is 0 Å². The van der Waals surface area contributed by atoms with E-state index in [4.69, 9.17) is 15.7 Å². The standard InChI is InChI=1S/C19H20F2N6O/c1-13(5-6-22)9-25-19(24-2)16-4-3-14(8-23)7-17(16)28-15-10-26-27(11-15)12-18(20)21/h3-4,7,9-11,18H,2,5-6,12,22H2,1H3/b13-9+,25-19?. The van der Waals surface area contributed by atoms with Gasteiger partial charge in [0.15, 0.2) is 11.6 Å². The Morgan fingerprint density at radius 2 is 2.29 bits per heavy atom. The third kappa shape index (κ3) is 5.82. The van der Waals surface area contributed by atoms with Gasteiger partial charge in [-0.2, -0.15) is 10.4 Å². The second kappa shape index (κ2) is 10.1. The third-order valence-electron chi connectivity index (χ3n) is 3.61. The van der Waals surface area contributed by atoms with Gasteiger partial charge in [-0.3, -0.25) is 4.68 Å². The highest BCUT2D eigenvalue weighted by Gasteiger charge is 2.13. The summed E-state index contributed by atoms with van der Waals surface area (Å²) in [5.41, 5.74) is 7.34. The number of aliphatic imine (C=N–C) groups is 2. The maximum absolute atomic E-state index is 12.5. The summed E-state index contributed by atoms with van der Waals surface area (Å²) in [6.45, 7) is 5.39. The summed E-state index contributed by atoms with van der Waals surface area (Å²) in [4.78, 5) is 8.25. The number of nitrogens with zero attached hydrogens (tertiary/aromatic N) is 5. The molecule has 0 saturated heterocycles. The first kappa shape index (κ1) is 20.9. The number of hydrogen-bond acceptors (Lipinski definition) is 5. The fraction of sp³-hybridized carbons (Fsp3) is 0.263. The van der Waals surface area contributed by atoms with E-state index in [9.17, 15) is 8.78 Å². The number of nitrogens with two attached hydrogens (primary N) is 1. The molecule has 1 aromatic carbocycles. The van der Waals surface area contributed by atoms with E-state index >= 15 is 0 Å². The minimum absolute atomic E-state index is 0.246. The third-order valence-corrected chi connectivity index (χ3v) is 3.61. The molecule has 0 bridgehead atoms. The highest BCUT2D eigenvalue weighted by atomic mass is 19.3. The Balaban J connectivity index is 2.38. The van der Waals surface area contributed by atoms with Crippen molar-refractivity contribution < 1.29 is 13.5 Å². The molecule has 146 valence electrons. The largest absolute Gasteiger partial charge is 0.453 e. The molecule has 1 heterocycles. The van der Waals surface area contributed by atoms with E-state index in [1.807, 2.05) is 13.0 Å². The van der Waals surface area contributed by atoms with Gasteiger partial charge < -0.3 is 10.5 Å². The van der Waals surface area contributed by atoms with Crippen LogP contribution in [0.4, 0.5) is 8.78 Å². The van der Waals surface area contributed by atoms with E-state index in [1.165, 1.54) is 18.5 Å². The molecule has 0 amide bonds. The minimum atomic E-state index is -2.53. The Hall–Kier alpha value is -3.38. The minimum Gasteiger partial charge on any atom is -0.453 e. The summed E-state index contributed by atoms with van der Waals surface area (Å²) in [5, 5.41) is 13.0. The zero-order chi connectivity index (χ0) is 20.5. The number of hydrogen-bond donors (Lipinski definition) is 1. The van der Waals surface area contributed by atoms with Crippen LogP contribution in [0.1, 0.15) is 24.5 Å². The van der Waals surface area contributed by atoms with Crippen molar-refractivity contribution in [1.82, 2.24) is 9.78 Å². The normalized spacial score (nSPS) is 12.1.